The molecule has 1 heterocycles. The first-order chi connectivity index (χ1) is 5.88. The minimum Gasteiger partial charge on any atom is -0.376 e. The Labute approximate surface area is 75.1 Å². The summed E-state index contributed by atoms with van der Waals surface area (Å²) in [5, 5.41) is 0. The molecule has 0 unspecified atom stereocenters. The van der Waals surface area contributed by atoms with Gasteiger partial charge in [-0.25, -0.2) is 0 Å². The highest BCUT2D eigenvalue weighted by Crippen LogP contribution is 2.23. The maximum absolute atomic E-state index is 5.31. The third kappa shape index (κ3) is 2.49. The summed E-state index contributed by atoms with van der Waals surface area (Å²) in [6.07, 6.45) is 7.90. The van der Waals surface area contributed by atoms with Gasteiger partial charge in [-0.3, -0.25) is 0 Å². The summed E-state index contributed by atoms with van der Waals surface area (Å²) in [7, 11) is 0. The Morgan fingerprint density at radius 1 is 1.50 bits per heavy atom. The molecule has 0 spiro atoms. The van der Waals surface area contributed by atoms with Crippen LogP contribution in [0, 0.1) is 5.92 Å². The summed E-state index contributed by atoms with van der Waals surface area (Å²) in [6, 6.07) is 0. The molecule has 0 aliphatic carbocycles. The number of ether oxygens (including phenoxy) is 1. The summed E-state index contributed by atoms with van der Waals surface area (Å²) >= 11 is 0. The van der Waals surface area contributed by atoms with Crippen molar-refractivity contribution >= 4 is 0 Å². The monoisotopic (exact) mass is 165 g/mol. The molecule has 12 heavy (non-hydrogen) atoms. The van der Waals surface area contributed by atoms with Crippen LogP contribution in [-0.2, 0) is 4.74 Å². The minimum absolute atomic E-state index is 0.751. The van der Waals surface area contributed by atoms with Gasteiger partial charge in [0.05, 0.1) is 13.2 Å². The van der Waals surface area contributed by atoms with Crippen LogP contribution in [-0.4, -0.2) is 13.2 Å². The zero-order valence-electron chi connectivity index (χ0n) is 7.81. The number of allylic oxidation sites excluding steroid dienone is 1. The zero-order chi connectivity index (χ0) is 8.81. The van der Waals surface area contributed by atoms with Crippen molar-refractivity contribution in [2.75, 3.05) is 13.2 Å². The lowest BCUT2D eigenvalue weighted by atomic mass is 10.0. The second-order valence-electron chi connectivity index (χ2n) is 3.09. The first kappa shape index (κ1) is 9.53. The lowest BCUT2D eigenvalue weighted by molar-refractivity contribution is 0.211. The van der Waals surface area contributed by atoms with E-state index in [1.54, 1.807) is 0 Å². The summed E-state index contributed by atoms with van der Waals surface area (Å²) in [4.78, 5) is 0. The Balaban J connectivity index is 2.38. The zero-order valence-corrected chi connectivity index (χ0v) is 7.81. The fraction of sp³-hybridized carbons (Fsp3) is 0.545. The van der Waals surface area contributed by atoms with E-state index in [0.29, 0.717) is 0 Å². The molecule has 1 aliphatic heterocycles. The van der Waals surface area contributed by atoms with Gasteiger partial charge >= 0.3 is 0 Å². The number of unbranched alkanes of at least 4 members (excludes halogenated alkanes) is 2. The van der Waals surface area contributed by atoms with E-state index in [9.17, 15) is 0 Å². The van der Waals surface area contributed by atoms with Crippen molar-refractivity contribution in [1.82, 2.24) is 0 Å². The predicted molar refractivity (Wildman–Crippen MR) is 51.9 cm³/mol. The predicted octanol–water partition coefficient (Wildman–Crippen LogP) is 2.89. The Hall–Kier alpha value is -0.560. The molecular formula is C11H17O. The van der Waals surface area contributed by atoms with Gasteiger partial charge in [-0.2, -0.15) is 0 Å². The number of hydrogen-bond donors (Lipinski definition) is 0. The number of hydrogen-bond acceptors (Lipinski definition) is 1. The minimum atomic E-state index is 0.751. The normalized spacial score (nSPS) is 21.9. The molecule has 0 atom stereocenters. The average molecular weight is 165 g/mol. The van der Waals surface area contributed by atoms with E-state index < -0.39 is 0 Å². The molecule has 1 radical (unpaired) electrons. The summed E-state index contributed by atoms with van der Waals surface area (Å²) < 4.78 is 5.31. The molecule has 0 amide bonds. The fourth-order valence-electron chi connectivity index (χ4n) is 1.32. The van der Waals surface area contributed by atoms with Crippen LogP contribution in [0.1, 0.15) is 26.2 Å². The molecular weight excluding hydrogens is 148 g/mol. The lowest BCUT2D eigenvalue weighted by Gasteiger charge is -2.01. The highest BCUT2D eigenvalue weighted by molar-refractivity contribution is 5.35. The van der Waals surface area contributed by atoms with Crippen LogP contribution in [0.4, 0.5) is 0 Å². The van der Waals surface area contributed by atoms with E-state index in [2.05, 4.69) is 19.6 Å². The van der Waals surface area contributed by atoms with Crippen LogP contribution in [0.3, 0.4) is 0 Å². The van der Waals surface area contributed by atoms with Crippen molar-refractivity contribution in [3.05, 3.63) is 30.2 Å². The van der Waals surface area contributed by atoms with Crippen molar-refractivity contribution in [1.29, 1.82) is 0 Å². The molecule has 1 rings (SSSR count). The van der Waals surface area contributed by atoms with E-state index in [-0.39, 0.29) is 0 Å². The lowest BCUT2D eigenvalue weighted by Crippen LogP contribution is -1.93. The summed E-state index contributed by atoms with van der Waals surface area (Å²) in [5.41, 5.74) is 1.35. The molecule has 1 aliphatic rings. The van der Waals surface area contributed by atoms with E-state index in [1.807, 2.05) is 6.08 Å². The SMILES string of the molecule is C=C[C]1COC/C1=C/CCCC. The average Bonchev–Trinajstić information content (AvgIpc) is 2.52. The Kier molecular flexibility index (Phi) is 4.09. The molecule has 0 aromatic rings. The molecule has 0 aromatic heterocycles. The Morgan fingerprint density at radius 2 is 2.33 bits per heavy atom. The van der Waals surface area contributed by atoms with Gasteiger partial charge in [-0.05, 0) is 12.0 Å². The maximum atomic E-state index is 5.31. The topological polar surface area (TPSA) is 9.23 Å². The molecule has 1 saturated heterocycles. The standard InChI is InChI=1S/C11H17O/c1-3-5-6-7-11-9-12-8-10(11)4-2/h4,7H,2-3,5-6,8-9H2,1H3/b11-7-. The molecule has 0 N–H and O–H groups in total. The second kappa shape index (κ2) is 5.15. The van der Waals surface area contributed by atoms with Gasteiger partial charge in [0.15, 0.2) is 0 Å². The quantitative estimate of drug-likeness (QED) is 0.582. The van der Waals surface area contributed by atoms with Crippen LogP contribution in [0.15, 0.2) is 24.3 Å². The van der Waals surface area contributed by atoms with Crippen LogP contribution in [0.25, 0.3) is 0 Å². The third-order valence-electron chi connectivity index (χ3n) is 2.12. The third-order valence-corrected chi connectivity index (χ3v) is 2.12. The first-order valence-corrected chi connectivity index (χ1v) is 4.64. The van der Waals surface area contributed by atoms with Crippen LogP contribution in [0.5, 0.6) is 0 Å². The van der Waals surface area contributed by atoms with E-state index >= 15 is 0 Å². The van der Waals surface area contributed by atoms with Gasteiger partial charge in [0, 0.05) is 5.92 Å². The maximum Gasteiger partial charge on any atom is 0.0687 e. The number of rotatable bonds is 4. The largest absolute Gasteiger partial charge is 0.376 e. The highest BCUT2D eigenvalue weighted by Gasteiger charge is 2.18. The van der Waals surface area contributed by atoms with Gasteiger partial charge in [0.25, 0.3) is 0 Å². The Morgan fingerprint density at radius 3 is 3.00 bits per heavy atom. The van der Waals surface area contributed by atoms with Crippen LogP contribution >= 0.6 is 0 Å². The van der Waals surface area contributed by atoms with Gasteiger partial charge in [-0.15, -0.1) is 6.58 Å². The van der Waals surface area contributed by atoms with Gasteiger partial charge in [0.1, 0.15) is 0 Å². The molecule has 67 valence electrons. The van der Waals surface area contributed by atoms with E-state index in [1.165, 1.54) is 30.8 Å². The van der Waals surface area contributed by atoms with Crippen molar-refractivity contribution < 1.29 is 4.74 Å². The smallest absolute Gasteiger partial charge is 0.0687 e. The molecule has 1 fully saturated rings. The van der Waals surface area contributed by atoms with Gasteiger partial charge < -0.3 is 4.74 Å². The van der Waals surface area contributed by atoms with Gasteiger partial charge in [0.2, 0.25) is 0 Å². The molecule has 0 aromatic carbocycles. The van der Waals surface area contributed by atoms with Crippen molar-refractivity contribution in [3.8, 4) is 0 Å². The Bertz CT molecular complexity index is 170. The van der Waals surface area contributed by atoms with E-state index in [0.717, 1.165) is 13.2 Å². The summed E-state index contributed by atoms with van der Waals surface area (Å²) in [6.45, 7) is 7.51. The highest BCUT2D eigenvalue weighted by atomic mass is 16.5. The van der Waals surface area contributed by atoms with Crippen LogP contribution in [0.2, 0.25) is 0 Å². The van der Waals surface area contributed by atoms with Crippen molar-refractivity contribution in [2.24, 2.45) is 0 Å². The molecule has 1 heteroatoms. The first-order valence-electron chi connectivity index (χ1n) is 4.64. The fourth-order valence-corrected chi connectivity index (χ4v) is 1.32. The molecule has 0 saturated carbocycles. The van der Waals surface area contributed by atoms with E-state index in [4.69, 9.17) is 4.74 Å². The van der Waals surface area contributed by atoms with Crippen molar-refractivity contribution in [2.45, 2.75) is 26.2 Å². The second-order valence-corrected chi connectivity index (χ2v) is 3.09. The van der Waals surface area contributed by atoms with Crippen LogP contribution < -0.4 is 0 Å². The van der Waals surface area contributed by atoms with Crippen molar-refractivity contribution in [3.63, 3.8) is 0 Å². The molecule has 0 bridgehead atoms. The van der Waals surface area contributed by atoms with Gasteiger partial charge in [-0.1, -0.05) is 31.9 Å². The molecule has 1 nitrogen and oxygen atoms in total. The summed E-state index contributed by atoms with van der Waals surface area (Å²) in [5.74, 6) is 1.27.